The molecule has 0 saturated carbocycles. The SMILES string of the molecule is CCN(Cc1ccccc1C)C(=O)CCc1c(C)noc1C. The molecule has 1 amide bonds. The molecule has 0 bridgehead atoms. The fourth-order valence-electron chi connectivity index (χ4n) is 2.62. The number of carbonyl (C=O) groups excluding carboxylic acids is 1. The maximum absolute atomic E-state index is 12.5. The number of amides is 1. The molecule has 0 N–H and O–H groups in total. The van der Waals surface area contributed by atoms with Crippen LogP contribution in [0.2, 0.25) is 0 Å². The maximum Gasteiger partial charge on any atom is 0.223 e. The summed E-state index contributed by atoms with van der Waals surface area (Å²) in [4.78, 5) is 14.4. The zero-order valence-corrected chi connectivity index (χ0v) is 13.8. The van der Waals surface area contributed by atoms with Crippen LogP contribution < -0.4 is 0 Å². The molecule has 2 rings (SSSR count). The molecule has 1 aromatic carbocycles. The summed E-state index contributed by atoms with van der Waals surface area (Å²) in [6.07, 6.45) is 1.17. The first-order valence-electron chi connectivity index (χ1n) is 7.77. The molecule has 1 heterocycles. The number of nitrogens with zero attached hydrogens (tertiary/aromatic N) is 2. The van der Waals surface area contributed by atoms with Crippen molar-refractivity contribution in [3.05, 3.63) is 52.4 Å². The van der Waals surface area contributed by atoms with E-state index in [1.165, 1.54) is 11.1 Å². The van der Waals surface area contributed by atoms with Crippen molar-refractivity contribution in [3.63, 3.8) is 0 Å². The number of rotatable bonds is 6. The van der Waals surface area contributed by atoms with Crippen LogP contribution in [0.1, 0.15) is 41.5 Å². The first kappa shape index (κ1) is 16.3. The minimum atomic E-state index is 0.172. The standard InChI is InChI=1S/C18H24N2O2/c1-5-20(12-16-9-7-6-8-13(16)2)18(21)11-10-17-14(3)19-22-15(17)4/h6-9H,5,10-12H2,1-4H3. The number of aromatic nitrogens is 1. The molecule has 1 aromatic heterocycles. The topological polar surface area (TPSA) is 46.3 Å². The van der Waals surface area contributed by atoms with Gasteiger partial charge in [0.05, 0.1) is 5.69 Å². The minimum Gasteiger partial charge on any atom is -0.361 e. The van der Waals surface area contributed by atoms with E-state index >= 15 is 0 Å². The van der Waals surface area contributed by atoms with Crippen molar-refractivity contribution in [1.82, 2.24) is 10.1 Å². The summed E-state index contributed by atoms with van der Waals surface area (Å²) in [5.74, 6) is 0.984. The highest BCUT2D eigenvalue weighted by Crippen LogP contribution is 2.16. The fraction of sp³-hybridized carbons (Fsp3) is 0.444. The predicted molar refractivity (Wildman–Crippen MR) is 86.6 cm³/mol. The van der Waals surface area contributed by atoms with Gasteiger partial charge >= 0.3 is 0 Å². The van der Waals surface area contributed by atoms with Crippen LogP contribution in [0.15, 0.2) is 28.8 Å². The molecular weight excluding hydrogens is 276 g/mol. The van der Waals surface area contributed by atoms with Crippen LogP contribution in [-0.2, 0) is 17.8 Å². The van der Waals surface area contributed by atoms with Crippen molar-refractivity contribution in [2.45, 2.75) is 47.1 Å². The highest BCUT2D eigenvalue weighted by molar-refractivity contribution is 5.76. The van der Waals surface area contributed by atoms with Gasteiger partial charge < -0.3 is 9.42 Å². The molecule has 2 aromatic rings. The van der Waals surface area contributed by atoms with E-state index in [1.54, 1.807) is 0 Å². The second-order valence-corrected chi connectivity index (χ2v) is 5.64. The Labute approximate surface area is 132 Å². The van der Waals surface area contributed by atoms with Gasteiger partial charge in [0, 0.05) is 25.1 Å². The van der Waals surface area contributed by atoms with Crippen molar-refractivity contribution >= 4 is 5.91 Å². The third-order valence-electron chi connectivity index (χ3n) is 4.13. The fourth-order valence-corrected chi connectivity index (χ4v) is 2.62. The van der Waals surface area contributed by atoms with Gasteiger partial charge in [-0.15, -0.1) is 0 Å². The summed E-state index contributed by atoms with van der Waals surface area (Å²) in [5, 5.41) is 3.94. The average molecular weight is 300 g/mol. The molecule has 118 valence electrons. The van der Waals surface area contributed by atoms with Gasteiger partial charge in [0.25, 0.3) is 0 Å². The quantitative estimate of drug-likeness (QED) is 0.819. The maximum atomic E-state index is 12.5. The zero-order chi connectivity index (χ0) is 16.1. The summed E-state index contributed by atoms with van der Waals surface area (Å²) in [6.45, 7) is 9.30. The van der Waals surface area contributed by atoms with Gasteiger partial charge in [-0.3, -0.25) is 4.79 Å². The third-order valence-corrected chi connectivity index (χ3v) is 4.13. The Bertz CT molecular complexity index is 627. The Hall–Kier alpha value is -2.10. The van der Waals surface area contributed by atoms with E-state index in [2.05, 4.69) is 24.2 Å². The number of carbonyl (C=O) groups is 1. The van der Waals surface area contributed by atoms with Gasteiger partial charge in [0.2, 0.25) is 5.91 Å². The highest BCUT2D eigenvalue weighted by atomic mass is 16.5. The summed E-state index contributed by atoms with van der Waals surface area (Å²) < 4.78 is 5.15. The van der Waals surface area contributed by atoms with Crippen LogP contribution in [-0.4, -0.2) is 22.5 Å². The van der Waals surface area contributed by atoms with Gasteiger partial charge in [-0.1, -0.05) is 29.4 Å². The van der Waals surface area contributed by atoms with Crippen LogP contribution in [0, 0.1) is 20.8 Å². The van der Waals surface area contributed by atoms with E-state index in [-0.39, 0.29) is 5.91 Å². The Morgan fingerprint density at radius 2 is 1.95 bits per heavy atom. The van der Waals surface area contributed by atoms with E-state index in [9.17, 15) is 4.79 Å². The van der Waals surface area contributed by atoms with Crippen LogP contribution in [0.25, 0.3) is 0 Å². The zero-order valence-electron chi connectivity index (χ0n) is 13.8. The lowest BCUT2D eigenvalue weighted by atomic mass is 10.1. The molecule has 0 aliphatic heterocycles. The summed E-state index contributed by atoms with van der Waals surface area (Å²) in [5.41, 5.74) is 4.36. The van der Waals surface area contributed by atoms with Crippen molar-refractivity contribution in [1.29, 1.82) is 0 Å². The lowest BCUT2D eigenvalue weighted by Crippen LogP contribution is -2.30. The Kier molecular flexibility index (Phi) is 5.36. The monoisotopic (exact) mass is 300 g/mol. The molecule has 0 unspecified atom stereocenters. The first-order valence-corrected chi connectivity index (χ1v) is 7.77. The van der Waals surface area contributed by atoms with Crippen molar-refractivity contribution in [2.24, 2.45) is 0 Å². The van der Waals surface area contributed by atoms with Crippen LogP contribution >= 0.6 is 0 Å². The Morgan fingerprint density at radius 3 is 2.55 bits per heavy atom. The Balaban J connectivity index is 1.99. The minimum absolute atomic E-state index is 0.172. The van der Waals surface area contributed by atoms with Crippen LogP contribution in [0.4, 0.5) is 0 Å². The lowest BCUT2D eigenvalue weighted by molar-refractivity contribution is -0.131. The average Bonchev–Trinajstić information content (AvgIpc) is 2.83. The molecule has 0 spiro atoms. The molecule has 0 aliphatic carbocycles. The first-order chi connectivity index (χ1) is 10.5. The largest absolute Gasteiger partial charge is 0.361 e. The number of hydrogen-bond donors (Lipinski definition) is 0. The predicted octanol–water partition coefficient (Wildman–Crippen LogP) is 3.58. The third kappa shape index (κ3) is 3.75. The van der Waals surface area contributed by atoms with Gasteiger partial charge in [0.15, 0.2) is 0 Å². The smallest absolute Gasteiger partial charge is 0.223 e. The van der Waals surface area contributed by atoms with E-state index < -0.39 is 0 Å². The van der Waals surface area contributed by atoms with Crippen LogP contribution in [0.5, 0.6) is 0 Å². The van der Waals surface area contributed by atoms with Gasteiger partial charge in [-0.25, -0.2) is 0 Å². The molecular formula is C18H24N2O2. The molecule has 4 nitrogen and oxygen atoms in total. The second-order valence-electron chi connectivity index (χ2n) is 5.64. The van der Waals surface area contributed by atoms with Gasteiger partial charge in [-0.05, 0) is 45.2 Å². The van der Waals surface area contributed by atoms with Crippen molar-refractivity contribution < 1.29 is 9.32 Å². The molecule has 0 saturated heterocycles. The molecule has 0 fully saturated rings. The number of hydrogen-bond acceptors (Lipinski definition) is 3. The molecule has 0 aliphatic rings. The number of benzene rings is 1. The van der Waals surface area contributed by atoms with Crippen LogP contribution in [0.3, 0.4) is 0 Å². The Morgan fingerprint density at radius 1 is 1.23 bits per heavy atom. The second kappa shape index (κ2) is 7.25. The normalized spacial score (nSPS) is 10.7. The van der Waals surface area contributed by atoms with E-state index in [4.69, 9.17) is 4.52 Å². The summed E-state index contributed by atoms with van der Waals surface area (Å²) in [6, 6.07) is 8.20. The van der Waals surface area contributed by atoms with E-state index in [1.807, 2.05) is 37.8 Å². The number of aryl methyl sites for hydroxylation is 3. The molecule has 0 atom stereocenters. The summed E-state index contributed by atoms with van der Waals surface area (Å²) in [7, 11) is 0. The molecule has 4 heteroatoms. The molecule has 22 heavy (non-hydrogen) atoms. The van der Waals surface area contributed by atoms with Crippen molar-refractivity contribution in [2.75, 3.05) is 6.54 Å². The van der Waals surface area contributed by atoms with E-state index in [0.29, 0.717) is 19.4 Å². The van der Waals surface area contributed by atoms with Gasteiger partial charge in [0.1, 0.15) is 5.76 Å². The molecule has 0 radical (unpaired) electrons. The van der Waals surface area contributed by atoms with E-state index in [0.717, 1.165) is 23.6 Å². The van der Waals surface area contributed by atoms with Crippen molar-refractivity contribution in [3.8, 4) is 0 Å². The van der Waals surface area contributed by atoms with Gasteiger partial charge in [-0.2, -0.15) is 0 Å². The summed E-state index contributed by atoms with van der Waals surface area (Å²) >= 11 is 0. The lowest BCUT2D eigenvalue weighted by Gasteiger charge is -2.22. The highest BCUT2D eigenvalue weighted by Gasteiger charge is 2.16.